The van der Waals surface area contributed by atoms with Gasteiger partial charge in [0.2, 0.25) is 0 Å². The number of alkyl halides is 2. The normalized spacial score (nSPS) is 10.8. The zero-order valence-electron chi connectivity index (χ0n) is 14.6. The highest BCUT2D eigenvalue weighted by Crippen LogP contribution is 2.19. The predicted octanol–water partition coefficient (Wildman–Crippen LogP) is 3.36. The molecular weight excluding hydrogens is 354 g/mol. The molecule has 0 bridgehead atoms. The van der Waals surface area contributed by atoms with E-state index < -0.39 is 6.61 Å². The fraction of sp³-hybridized carbons (Fsp3) is 0.211. The van der Waals surface area contributed by atoms with Crippen LogP contribution in [0, 0.1) is 0 Å². The van der Waals surface area contributed by atoms with Crippen molar-refractivity contribution < 1.29 is 18.3 Å². The molecule has 0 unspecified atom stereocenters. The summed E-state index contributed by atoms with van der Waals surface area (Å²) < 4.78 is 30.4. The summed E-state index contributed by atoms with van der Waals surface area (Å²) in [5, 5.41) is 10.9. The molecule has 27 heavy (non-hydrogen) atoms. The number of carbonyl (C=O) groups is 1. The minimum absolute atomic E-state index is 0.0488. The van der Waals surface area contributed by atoms with Crippen molar-refractivity contribution in [2.24, 2.45) is 0 Å². The molecule has 140 valence electrons. The first-order valence-electron chi connectivity index (χ1n) is 8.40. The molecule has 8 heteroatoms. The molecule has 1 aromatic heterocycles. The Morgan fingerprint density at radius 3 is 2.48 bits per heavy atom. The molecule has 3 rings (SSSR count). The number of hydrogen-bond donors (Lipinski definition) is 1. The molecule has 0 aliphatic carbocycles. The zero-order valence-corrected chi connectivity index (χ0v) is 14.6. The van der Waals surface area contributed by atoms with Gasteiger partial charge >= 0.3 is 6.61 Å². The zero-order chi connectivity index (χ0) is 19.2. The summed E-state index contributed by atoms with van der Waals surface area (Å²) in [5.74, 6) is -0.271. The molecule has 0 aliphatic rings. The molecule has 0 radical (unpaired) electrons. The van der Waals surface area contributed by atoms with E-state index in [0.29, 0.717) is 24.3 Å². The molecule has 0 fully saturated rings. The van der Waals surface area contributed by atoms with Crippen molar-refractivity contribution in [3.8, 4) is 11.4 Å². The van der Waals surface area contributed by atoms with Crippen molar-refractivity contribution in [3.63, 3.8) is 0 Å². The van der Waals surface area contributed by atoms with Crippen molar-refractivity contribution in [2.75, 3.05) is 0 Å². The number of benzene rings is 2. The molecule has 0 atom stereocenters. The Bertz CT molecular complexity index is 896. The van der Waals surface area contributed by atoms with Crippen LogP contribution in [0.5, 0.6) is 5.75 Å². The van der Waals surface area contributed by atoms with Crippen LogP contribution in [0.4, 0.5) is 8.78 Å². The molecule has 0 spiro atoms. The first kappa shape index (κ1) is 18.5. The summed E-state index contributed by atoms with van der Waals surface area (Å²) in [6, 6.07) is 15.5. The number of aromatic nitrogens is 3. The Morgan fingerprint density at radius 1 is 1.15 bits per heavy atom. The second-order valence-corrected chi connectivity index (χ2v) is 5.69. The third kappa shape index (κ3) is 4.46. The minimum Gasteiger partial charge on any atom is -0.435 e. The Labute approximate surface area is 154 Å². The molecule has 3 aromatic rings. The number of carbonyl (C=O) groups excluding carboxylic acids is 1. The third-order valence-corrected chi connectivity index (χ3v) is 3.92. The molecule has 1 amide bonds. The van der Waals surface area contributed by atoms with Gasteiger partial charge in [0.15, 0.2) is 5.69 Å². The standard InChI is InChI=1S/C19H18F2N4O2/c1-2-16-17(18(26)22-12-13-6-4-3-5-7-13)23-24-25(16)14-8-10-15(11-9-14)27-19(20)21/h3-11,19H,2,12H2,1H3,(H,22,26). The van der Waals surface area contributed by atoms with Gasteiger partial charge in [-0.05, 0) is 36.2 Å². The van der Waals surface area contributed by atoms with Crippen LogP contribution in [0.1, 0.15) is 28.7 Å². The van der Waals surface area contributed by atoms with Crippen LogP contribution in [-0.4, -0.2) is 27.5 Å². The Balaban J connectivity index is 1.77. The second-order valence-electron chi connectivity index (χ2n) is 5.69. The quantitative estimate of drug-likeness (QED) is 0.691. The molecule has 6 nitrogen and oxygen atoms in total. The fourth-order valence-electron chi connectivity index (χ4n) is 2.63. The molecule has 2 aromatic carbocycles. The van der Waals surface area contributed by atoms with E-state index in [4.69, 9.17) is 0 Å². The van der Waals surface area contributed by atoms with Crippen LogP contribution < -0.4 is 10.1 Å². The van der Waals surface area contributed by atoms with Crippen LogP contribution in [-0.2, 0) is 13.0 Å². The van der Waals surface area contributed by atoms with Gasteiger partial charge in [-0.1, -0.05) is 42.5 Å². The highest BCUT2D eigenvalue weighted by Gasteiger charge is 2.19. The molecule has 0 aliphatic heterocycles. The van der Waals surface area contributed by atoms with E-state index in [1.807, 2.05) is 37.3 Å². The molecule has 1 heterocycles. The van der Waals surface area contributed by atoms with Gasteiger partial charge in [0.05, 0.1) is 11.4 Å². The summed E-state index contributed by atoms with van der Waals surface area (Å²) in [4.78, 5) is 12.5. The predicted molar refractivity (Wildman–Crippen MR) is 95.0 cm³/mol. The Hall–Kier alpha value is -3.29. The lowest BCUT2D eigenvalue weighted by molar-refractivity contribution is -0.0498. The van der Waals surface area contributed by atoms with Gasteiger partial charge in [0, 0.05) is 6.54 Å². The van der Waals surface area contributed by atoms with Crippen molar-refractivity contribution in [1.82, 2.24) is 20.3 Å². The highest BCUT2D eigenvalue weighted by atomic mass is 19.3. The summed E-state index contributed by atoms with van der Waals surface area (Å²) in [6.07, 6.45) is 0.524. The summed E-state index contributed by atoms with van der Waals surface area (Å²) >= 11 is 0. The lowest BCUT2D eigenvalue weighted by Gasteiger charge is -2.08. The van der Waals surface area contributed by atoms with E-state index in [9.17, 15) is 13.6 Å². The van der Waals surface area contributed by atoms with E-state index in [-0.39, 0.29) is 17.4 Å². The maximum Gasteiger partial charge on any atom is 0.387 e. The van der Waals surface area contributed by atoms with Gasteiger partial charge in [0.25, 0.3) is 5.91 Å². The Morgan fingerprint density at radius 2 is 1.85 bits per heavy atom. The van der Waals surface area contributed by atoms with Crippen LogP contribution in [0.2, 0.25) is 0 Å². The van der Waals surface area contributed by atoms with E-state index in [1.165, 1.54) is 16.8 Å². The van der Waals surface area contributed by atoms with Gasteiger partial charge in [0.1, 0.15) is 5.75 Å². The third-order valence-electron chi connectivity index (χ3n) is 3.92. The van der Waals surface area contributed by atoms with Gasteiger partial charge in [-0.2, -0.15) is 8.78 Å². The number of nitrogens with zero attached hydrogens (tertiary/aromatic N) is 3. The van der Waals surface area contributed by atoms with Crippen LogP contribution >= 0.6 is 0 Å². The largest absolute Gasteiger partial charge is 0.435 e. The van der Waals surface area contributed by atoms with Crippen LogP contribution in [0.25, 0.3) is 5.69 Å². The minimum atomic E-state index is -2.88. The van der Waals surface area contributed by atoms with Crippen molar-refractivity contribution >= 4 is 5.91 Å². The van der Waals surface area contributed by atoms with Crippen LogP contribution in [0.3, 0.4) is 0 Å². The molecule has 0 saturated heterocycles. The van der Waals surface area contributed by atoms with E-state index in [1.54, 1.807) is 12.1 Å². The fourth-order valence-corrected chi connectivity index (χ4v) is 2.63. The van der Waals surface area contributed by atoms with Crippen molar-refractivity contribution in [3.05, 3.63) is 71.5 Å². The average Bonchev–Trinajstić information content (AvgIpc) is 3.11. The van der Waals surface area contributed by atoms with Crippen LogP contribution in [0.15, 0.2) is 54.6 Å². The lowest BCUT2D eigenvalue weighted by atomic mass is 10.2. The maximum atomic E-state index is 12.5. The maximum absolute atomic E-state index is 12.5. The first-order chi connectivity index (χ1) is 13.1. The first-order valence-corrected chi connectivity index (χ1v) is 8.40. The van der Waals surface area contributed by atoms with E-state index in [0.717, 1.165) is 5.56 Å². The van der Waals surface area contributed by atoms with Gasteiger partial charge < -0.3 is 10.1 Å². The van der Waals surface area contributed by atoms with E-state index >= 15 is 0 Å². The summed E-state index contributed by atoms with van der Waals surface area (Å²) in [6.45, 7) is -0.611. The van der Waals surface area contributed by atoms with Gasteiger partial charge in [-0.25, -0.2) is 4.68 Å². The monoisotopic (exact) mass is 372 g/mol. The topological polar surface area (TPSA) is 69.0 Å². The van der Waals surface area contributed by atoms with Crippen molar-refractivity contribution in [2.45, 2.75) is 26.5 Å². The number of halogens is 2. The lowest BCUT2D eigenvalue weighted by Crippen LogP contribution is -2.24. The van der Waals surface area contributed by atoms with Gasteiger partial charge in [-0.15, -0.1) is 5.10 Å². The summed E-state index contributed by atoms with van der Waals surface area (Å²) in [5.41, 5.74) is 2.44. The van der Waals surface area contributed by atoms with Crippen molar-refractivity contribution in [1.29, 1.82) is 0 Å². The van der Waals surface area contributed by atoms with Gasteiger partial charge in [-0.3, -0.25) is 4.79 Å². The molecule has 1 N–H and O–H groups in total. The number of nitrogens with one attached hydrogen (secondary N) is 1. The second kappa shape index (κ2) is 8.39. The Kier molecular flexibility index (Phi) is 5.75. The molecular formula is C19H18F2N4O2. The summed E-state index contributed by atoms with van der Waals surface area (Å²) in [7, 11) is 0. The smallest absolute Gasteiger partial charge is 0.387 e. The average molecular weight is 372 g/mol. The van der Waals surface area contributed by atoms with E-state index in [2.05, 4.69) is 20.4 Å². The number of rotatable bonds is 7. The highest BCUT2D eigenvalue weighted by molar-refractivity contribution is 5.93. The number of amides is 1. The molecule has 0 saturated carbocycles. The number of hydrogen-bond acceptors (Lipinski definition) is 4. The SMILES string of the molecule is CCc1c(C(=O)NCc2ccccc2)nnn1-c1ccc(OC(F)F)cc1. The number of ether oxygens (including phenoxy) is 1.